The van der Waals surface area contributed by atoms with Crippen molar-refractivity contribution in [3.05, 3.63) is 30.1 Å². The van der Waals surface area contributed by atoms with Gasteiger partial charge < -0.3 is 4.74 Å². The van der Waals surface area contributed by atoms with Crippen molar-refractivity contribution in [2.24, 2.45) is 0 Å². The molecule has 1 aliphatic heterocycles. The minimum atomic E-state index is -3.09. The third-order valence-electron chi connectivity index (χ3n) is 2.88. The molecule has 1 saturated heterocycles. The van der Waals surface area contributed by atoms with Crippen LogP contribution in [0.3, 0.4) is 0 Å². The van der Waals surface area contributed by atoms with Crippen molar-refractivity contribution in [2.75, 3.05) is 25.4 Å². The van der Waals surface area contributed by atoms with E-state index in [4.69, 9.17) is 4.74 Å². The topological polar surface area (TPSA) is 46.6 Å². The number of hydrogen-bond donors (Lipinski definition) is 0. The summed E-state index contributed by atoms with van der Waals surface area (Å²) in [6.45, 7) is 1.19. The Kier molecular flexibility index (Phi) is 4.19. The second-order valence-electron chi connectivity index (χ2n) is 4.22. The van der Waals surface area contributed by atoms with E-state index in [1.807, 2.05) is 0 Å². The van der Waals surface area contributed by atoms with E-state index in [0.717, 1.165) is 12.8 Å². The summed E-state index contributed by atoms with van der Waals surface area (Å²) in [5.74, 6) is 0.454. The van der Waals surface area contributed by atoms with Crippen LogP contribution in [-0.4, -0.2) is 38.2 Å². The van der Waals surface area contributed by atoms with E-state index in [1.165, 1.54) is 28.6 Å². The zero-order valence-corrected chi connectivity index (χ0v) is 10.8. The Hall–Kier alpha value is -1.14. The fraction of sp³-hybridized carbons (Fsp3) is 0.500. The number of benzene rings is 1. The van der Waals surface area contributed by atoms with Crippen LogP contribution in [0.15, 0.2) is 24.3 Å². The third kappa shape index (κ3) is 3.43. The first kappa shape index (κ1) is 13.3. The normalized spacial score (nSPS) is 19.6. The van der Waals surface area contributed by atoms with Gasteiger partial charge in [-0.2, -0.15) is 4.31 Å². The van der Waals surface area contributed by atoms with Crippen molar-refractivity contribution in [3.63, 3.8) is 0 Å². The molecule has 1 heterocycles. The van der Waals surface area contributed by atoms with Crippen LogP contribution in [-0.2, 0) is 10.0 Å². The van der Waals surface area contributed by atoms with E-state index in [0.29, 0.717) is 18.8 Å². The minimum absolute atomic E-state index is 0.226. The van der Waals surface area contributed by atoms with Crippen molar-refractivity contribution < 1.29 is 17.5 Å². The standard InChI is InChI=1S/C12H16FNO3S/c13-11-3-5-12(6-4-11)17-9-8-14-7-1-2-10-18(14,15)16/h3-6H,1-2,7-10H2. The number of rotatable bonds is 4. The molecule has 0 bridgehead atoms. The van der Waals surface area contributed by atoms with Gasteiger partial charge in [-0.1, -0.05) is 0 Å². The van der Waals surface area contributed by atoms with Crippen molar-refractivity contribution in [1.82, 2.24) is 4.31 Å². The Morgan fingerprint density at radius 3 is 2.61 bits per heavy atom. The summed E-state index contributed by atoms with van der Waals surface area (Å²) < 4.78 is 42.9. The van der Waals surface area contributed by atoms with Gasteiger partial charge in [0, 0.05) is 13.1 Å². The smallest absolute Gasteiger partial charge is 0.214 e. The quantitative estimate of drug-likeness (QED) is 0.837. The summed E-state index contributed by atoms with van der Waals surface area (Å²) >= 11 is 0. The maximum Gasteiger partial charge on any atom is 0.214 e. The summed E-state index contributed by atoms with van der Waals surface area (Å²) in [5.41, 5.74) is 0. The van der Waals surface area contributed by atoms with E-state index in [9.17, 15) is 12.8 Å². The lowest BCUT2D eigenvalue weighted by molar-refractivity contribution is 0.266. The molecule has 0 spiro atoms. The Bertz CT molecular complexity index is 487. The largest absolute Gasteiger partial charge is 0.492 e. The zero-order chi connectivity index (χ0) is 13.0. The summed E-state index contributed by atoms with van der Waals surface area (Å²) in [7, 11) is -3.09. The number of halogens is 1. The minimum Gasteiger partial charge on any atom is -0.492 e. The summed E-state index contributed by atoms with van der Waals surface area (Å²) in [6.07, 6.45) is 1.63. The van der Waals surface area contributed by atoms with Crippen LogP contribution in [0.5, 0.6) is 5.75 Å². The SMILES string of the molecule is O=S1(=O)CCCCN1CCOc1ccc(F)cc1. The molecule has 6 heteroatoms. The lowest BCUT2D eigenvalue weighted by Gasteiger charge is -2.25. The predicted molar refractivity (Wildman–Crippen MR) is 66.5 cm³/mol. The first-order chi connectivity index (χ1) is 8.58. The lowest BCUT2D eigenvalue weighted by atomic mass is 10.3. The van der Waals surface area contributed by atoms with Gasteiger partial charge in [0.05, 0.1) is 5.75 Å². The highest BCUT2D eigenvalue weighted by Gasteiger charge is 2.25. The molecule has 1 fully saturated rings. The molecule has 4 nitrogen and oxygen atoms in total. The second-order valence-corrected chi connectivity index (χ2v) is 6.31. The van der Waals surface area contributed by atoms with Crippen molar-refractivity contribution in [3.8, 4) is 5.75 Å². The molecular weight excluding hydrogens is 257 g/mol. The molecule has 0 amide bonds. The highest BCUT2D eigenvalue weighted by Crippen LogP contribution is 2.14. The lowest BCUT2D eigenvalue weighted by Crippen LogP contribution is -2.40. The first-order valence-corrected chi connectivity index (χ1v) is 7.55. The van der Waals surface area contributed by atoms with Gasteiger partial charge in [-0.15, -0.1) is 0 Å². The van der Waals surface area contributed by atoms with E-state index in [-0.39, 0.29) is 18.2 Å². The van der Waals surface area contributed by atoms with Crippen LogP contribution in [0.2, 0.25) is 0 Å². The zero-order valence-electron chi connectivity index (χ0n) is 10.0. The fourth-order valence-corrected chi connectivity index (χ4v) is 3.47. The number of hydrogen-bond acceptors (Lipinski definition) is 3. The Morgan fingerprint density at radius 2 is 1.94 bits per heavy atom. The van der Waals surface area contributed by atoms with Gasteiger partial charge >= 0.3 is 0 Å². The molecule has 0 N–H and O–H groups in total. The predicted octanol–water partition coefficient (Wildman–Crippen LogP) is 1.63. The molecule has 18 heavy (non-hydrogen) atoms. The molecule has 0 aliphatic carbocycles. The van der Waals surface area contributed by atoms with E-state index < -0.39 is 10.0 Å². The van der Waals surface area contributed by atoms with Crippen LogP contribution < -0.4 is 4.74 Å². The van der Waals surface area contributed by atoms with Crippen LogP contribution in [0.4, 0.5) is 4.39 Å². The monoisotopic (exact) mass is 273 g/mol. The number of nitrogens with zero attached hydrogens (tertiary/aromatic N) is 1. The highest BCUT2D eigenvalue weighted by atomic mass is 32.2. The van der Waals surface area contributed by atoms with Gasteiger partial charge in [0.15, 0.2) is 0 Å². The first-order valence-electron chi connectivity index (χ1n) is 5.94. The Balaban J connectivity index is 1.83. The van der Waals surface area contributed by atoms with E-state index in [2.05, 4.69) is 0 Å². The average molecular weight is 273 g/mol. The molecule has 1 aromatic carbocycles. The fourth-order valence-electron chi connectivity index (χ4n) is 1.89. The molecule has 100 valence electrons. The molecule has 0 unspecified atom stereocenters. The van der Waals surface area contributed by atoms with Crippen molar-refractivity contribution >= 4 is 10.0 Å². The number of ether oxygens (including phenoxy) is 1. The van der Waals surface area contributed by atoms with Crippen LogP contribution in [0.25, 0.3) is 0 Å². The van der Waals surface area contributed by atoms with Gasteiger partial charge in [0.25, 0.3) is 0 Å². The van der Waals surface area contributed by atoms with Crippen LogP contribution in [0.1, 0.15) is 12.8 Å². The molecule has 2 rings (SSSR count). The maximum atomic E-state index is 12.7. The highest BCUT2D eigenvalue weighted by molar-refractivity contribution is 7.89. The van der Waals surface area contributed by atoms with Crippen LogP contribution in [0, 0.1) is 5.82 Å². The van der Waals surface area contributed by atoms with E-state index in [1.54, 1.807) is 0 Å². The summed E-state index contributed by atoms with van der Waals surface area (Å²) in [4.78, 5) is 0. The molecule has 0 aromatic heterocycles. The molecule has 1 aliphatic rings. The Labute approximate surface area is 106 Å². The maximum absolute atomic E-state index is 12.7. The molecule has 0 radical (unpaired) electrons. The molecule has 1 aromatic rings. The van der Waals surface area contributed by atoms with Gasteiger partial charge in [-0.3, -0.25) is 0 Å². The second kappa shape index (κ2) is 5.67. The van der Waals surface area contributed by atoms with Crippen LogP contribution >= 0.6 is 0 Å². The third-order valence-corrected chi connectivity index (χ3v) is 4.83. The molecule has 0 saturated carbocycles. The average Bonchev–Trinajstić information content (AvgIpc) is 2.33. The van der Waals surface area contributed by atoms with Crippen molar-refractivity contribution in [1.29, 1.82) is 0 Å². The van der Waals surface area contributed by atoms with Crippen molar-refractivity contribution in [2.45, 2.75) is 12.8 Å². The van der Waals surface area contributed by atoms with Gasteiger partial charge in [0.1, 0.15) is 18.2 Å². The summed E-state index contributed by atoms with van der Waals surface area (Å²) in [6, 6.07) is 5.68. The summed E-state index contributed by atoms with van der Waals surface area (Å²) in [5, 5.41) is 0. The van der Waals surface area contributed by atoms with Gasteiger partial charge in [0.2, 0.25) is 10.0 Å². The molecule has 0 atom stereocenters. The van der Waals surface area contributed by atoms with Gasteiger partial charge in [-0.05, 0) is 37.1 Å². The molecular formula is C12H16FNO3S. The van der Waals surface area contributed by atoms with E-state index >= 15 is 0 Å². The number of sulfonamides is 1. The Morgan fingerprint density at radius 1 is 1.22 bits per heavy atom. The van der Waals surface area contributed by atoms with Gasteiger partial charge in [-0.25, -0.2) is 12.8 Å².